The summed E-state index contributed by atoms with van der Waals surface area (Å²) in [5, 5.41) is 9.14. The molecule has 0 aliphatic heterocycles. The molecule has 0 spiro atoms. The standard InChI is InChI=1S/C15H21BrO3/c1-9(2)13(14(17)18)19-12-7-6-10(8-11(12)16)15(3,4)5/h6-9,13H,1-5H3,(H,17,18). The van der Waals surface area contributed by atoms with Crippen molar-refractivity contribution in [2.24, 2.45) is 5.92 Å². The third-order valence-corrected chi connectivity index (χ3v) is 3.52. The van der Waals surface area contributed by atoms with E-state index < -0.39 is 12.1 Å². The molecule has 1 unspecified atom stereocenters. The molecule has 0 saturated carbocycles. The second kappa shape index (κ2) is 5.95. The molecule has 1 aromatic rings. The van der Waals surface area contributed by atoms with Gasteiger partial charge in [-0.15, -0.1) is 0 Å². The van der Waals surface area contributed by atoms with Gasteiger partial charge in [-0.2, -0.15) is 0 Å². The smallest absolute Gasteiger partial charge is 0.345 e. The average Bonchev–Trinajstić information content (AvgIpc) is 2.24. The van der Waals surface area contributed by atoms with Crippen LogP contribution in [0.2, 0.25) is 0 Å². The van der Waals surface area contributed by atoms with Crippen molar-refractivity contribution in [2.45, 2.75) is 46.1 Å². The third kappa shape index (κ3) is 4.23. The van der Waals surface area contributed by atoms with Crippen molar-refractivity contribution >= 4 is 21.9 Å². The fourth-order valence-electron chi connectivity index (χ4n) is 1.67. The Kier molecular flexibility index (Phi) is 5.02. The third-order valence-electron chi connectivity index (χ3n) is 2.90. The van der Waals surface area contributed by atoms with Gasteiger partial charge in [-0.05, 0) is 39.0 Å². The second-order valence-electron chi connectivity index (χ2n) is 6.02. The maximum atomic E-state index is 11.1. The minimum Gasteiger partial charge on any atom is -0.478 e. The minimum absolute atomic E-state index is 0.0469. The molecule has 0 amide bonds. The SMILES string of the molecule is CC(C)C(Oc1ccc(C(C)(C)C)cc1Br)C(=O)O. The zero-order valence-corrected chi connectivity index (χ0v) is 13.6. The molecule has 0 radical (unpaired) electrons. The van der Waals surface area contributed by atoms with Crippen LogP contribution in [0, 0.1) is 5.92 Å². The van der Waals surface area contributed by atoms with Crippen LogP contribution in [0.1, 0.15) is 40.2 Å². The number of hydrogen-bond donors (Lipinski definition) is 1. The van der Waals surface area contributed by atoms with E-state index in [-0.39, 0.29) is 11.3 Å². The second-order valence-corrected chi connectivity index (χ2v) is 6.87. The molecule has 1 aromatic carbocycles. The quantitative estimate of drug-likeness (QED) is 0.899. The highest BCUT2D eigenvalue weighted by Crippen LogP contribution is 2.32. The number of carbonyl (C=O) groups is 1. The first kappa shape index (κ1) is 16.0. The maximum absolute atomic E-state index is 11.1. The van der Waals surface area contributed by atoms with E-state index in [0.29, 0.717) is 5.75 Å². The number of aliphatic carboxylic acids is 1. The number of benzene rings is 1. The number of ether oxygens (including phenoxy) is 1. The van der Waals surface area contributed by atoms with Crippen molar-refractivity contribution < 1.29 is 14.6 Å². The summed E-state index contributed by atoms with van der Waals surface area (Å²) in [4.78, 5) is 11.1. The Bertz CT molecular complexity index is 461. The molecule has 0 aliphatic carbocycles. The van der Waals surface area contributed by atoms with Crippen molar-refractivity contribution in [3.63, 3.8) is 0 Å². The topological polar surface area (TPSA) is 46.5 Å². The molecule has 106 valence electrons. The van der Waals surface area contributed by atoms with E-state index in [0.717, 1.165) is 4.47 Å². The lowest BCUT2D eigenvalue weighted by Crippen LogP contribution is -2.32. The predicted octanol–water partition coefficient (Wildman–Crippen LogP) is 4.23. The Hall–Kier alpha value is -1.03. The number of carboxylic acids is 1. The molecule has 0 aromatic heterocycles. The molecular formula is C15H21BrO3. The van der Waals surface area contributed by atoms with E-state index in [2.05, 4.69) is 36.7 Å². The van der Waals surface area contributed by atoms with E-state index in [1.54, 1.807) is 0 Å². The molecule has 0 aliphatic rings. The predicted molar refractivity (Wildman–Crippen MR) is 79.7 cm³/mol. The van der Waals surface area contributed by atoms with Gasteiger partial charge in [0.05, 0.1) is 4.47 Å². The summed E-state index contributed by atoms with van der Waals surface area (Å²) in [5.74, 6) is -0.470. The van der Waals surface area contributed by atoms with Crippen LogP contribution >= 0.6 is 15.9 Å². The zero-order valence-electron chi connectivity index (χ0n) is 12.0. The maximum Gasteiger partial charge on any atom is 0.345 e. The minimum atomic E-state index is -0.943. The summed E-state index contributed by atoms with van der Waals surface area (Å²) in [6.07, 6.45) is -0.836. The van der Waals surface area contributed by atoms with E-state index in [9.17, 15) is 4.79 Å². The summed E-state index contributed by atoms with van der Waals surface area (Å²) < 4.78 is 6.37. The molecule has 1 atom stereocenters. The molecule has 3 nitrogen and oxygen atoms in total. The Morgan fingerprint density at radius 2 is 1.89 bits per heavy atom. The van der Waals surface area contributed by atoms with Gasteiger partial charge in [0, 0.05) is 5.92 Å². The lowest BCUT2D eigenvalue weighted by Gasteiger charge is -2.22. The fraction of sp³-hybridized carbons (Fsp3) is 0.533. The van der Waals surface area contributed by atoms with Gasteiger partial charge in [-0.3, -0.25) is 0 Å². The molecule has 0 bridgehead atoms. The van der Waals surface area contributed by atoms with Crippen LogP contribution in [0.4, 0.5) is 0 Å². The monoisotopic (exact) mass is 328 g/mol. The summed E-state index contributed by atoms with van der Waals surface area (Å²) >= 11 is 3.45. The summed E-state index contributed by atoms with van der Waals surface area (Å²) in [6.45, 7) is 10.0. The van der Waals surface area contributed by atoms with Gasteiger partial charge in [-0.1, -0.05) is 40.7 Å². The molecule has 1 rings (SSSR count). The van der Waals surface area contributed by atoms with Crippen LogP contribution in [-0.2, 0) is 10.2 Å². The van der Waals surface area contributed by atoms with Gasteiger partial charge in [0.15, 0.2) is 6.10 Å². The highest BCUT2D eigenvalue weighted by atomic mass is 79.9. The van der Waals surface area contributed by atoms with Crippen molar-refractivity contribution in [3.05, 3.63) is 28.2 Å². The van der Waals surface area contributed by atoms with E-state index in [1.807, 2.05) is 32.0 Å². The molecule has 0 saturated heterocycles. The molecule has 0 fully saturated rings. The first-order valence-corrected chi connectivity index (χ1v) is 7.11. The Morgan fingerprint density at radius 3 is 2.26 bits per heavy atom. The molecule has 1 N–H and O–H groups in total. The molecule has 0 heterocycles. The highest BCUT2D eigenvalue weighted by Gasteiger charge is 2.24. The summed E-state index contributed by atoms with van der Waals surface area (Å²) in [5.41, 5.74) is 1.22. The average molecular weight is 329 g/mol. The first-order chi connectivity index (χ1) is 8.62. The lowest BCUT2D eigenvalue weighted by atomic mass is 9.87. The van der Waals surface area contributed by atoms with Gasteiger partial charge in [0.2, 0.25) is 0 Å². The van der Waals surface area contributed by atoms with Crippen molar-refractivity contribution in [1.82, 2.24) is 0 Å². The summed E-state index contributed by atoms with van der Waals surface area (Å²) in [6, 6.07) is 5.77. The normalized spacial score (nSPS) is 13.4. The highest BCUT2D eigenvalue weighted by molar-refractivity contribution is 9.10. The van der Waals surface area contributed by atoms with Crippen LogP contribution in [-0.4, -0.2) is 17.2 Å². The largest absolute Gasteiger partial charge is 0.478 e. The zero-order chi connectivity index (χ0) is 14.8. The van der Waals surface area contributed by atoms with Crippen molar-refractivity contribution in [3.8, 4) is 5.75 Å². The van der Waals surface area contributed by atoms with E-state index in [4.69, 9.17) is 9.84 Å². The lowest BCUT2D eigenvalue weighted by molar-refractivity contribution is -0.147. The number of rotatable bonds is 4. The Labute approximate surface area is 123 Å². The first-order valence-electron chi connectivity index (χ1n) is 6.32. The van der Waals surface area contributed by atoms with Crippen LogP contribution in [0.3, 0.4) is 0 Å². The summed E-state index contributed by atoms with van der Waals surface area (Å²) in [7, 11) is 0. The van der Waals surface area contributed by atoms with Crippen molar-refractivity contribution in [2.75, 3.05) is 0 Å². The molecule has 19 heavy (non-hydrogen) atoms. The van der Waals surface area contributed by atoms with E-state index in [1.165, 1.54) is 5.56 Å². The number of hydrogen-bond acceptors (Lipinski definition) is 2. The van der Waals surface area contributed by atoms with Gasteiger partial charge >= 0.3 is 5.97 Å². The van der Waals surface area contributed by atoms with Crippen LogP contribution in [0.15, 0.2) is 22.7 Å². The molecule has 4 heteroatoms. The van der Waals surface area contributed by atoms with Crippen molar-refractivity contribution in [1.29, 1.82) is 0 Å². The van der Waals surface area contributed by atoms with Gasteiger partial charge < -0.3 is 9.84 Å². The van der Waals surface area contributed by atoms with Gasteiger partial charge in [0.1, 0.15) is 5.75 Å². The van der Waals surface area contributed by atoms with Gasteiger partial charge in [-0.25, -0.2) is 4.79 Å². The number of halogens is 1. The van der Waals surface area contributed by atoms with Crippen LogP contribution in [0.25, 0.3) is 0 Å². The van der Waals surface area contributed by atoms with Crippen LogP contribution in [0.5, 0.6) is 5.75 Å². The molecular weight excluding hydrogens is 308 g/mol. The number of carboxylic acid groups (broad SMARTS) is 1. The Morgan fingerprint density at radius 1 is 1.32 bits per heavy atom. The van der Waals surface area contributed by atoms with Gasteiger partial charge in [0.25, 0.3) is 0 Å². The Balaban J connectivity index is 3.00. The fourth-order valence-corrected chi connectivity index (χ4v) is 2.14. The van der Waals surface area contributed by atoms with E-state index >= 15 is 0 Å². The van der Waals surface area contributed by atoms with Crippen LogP contribution < -0.4 is 4.74 Å².